The molecule has 0 atom stereocenters. The first-order chi connectivity index (χ1) is 14.1. The van der Waals surface area contributed by atoms with Gasteiger partial charge in [-0.1, -0.05) is 6.07 Å². The zero-order valence-electron chi connectivity index (χ0n) is 17.9. The molecule has 0 aliphatic rings. The van der Waals surface area contributed by atoms with Crippen LogP contribution in [0.4, 0.5) is 5.69 Å². The molecule has 0 radical (unpaired) electrons. The molecule has 0 fully saturated rings. The van der Waals surface area contributed by atoms with E-state index in [-0.39, 0.29) is 23.6 Å². The molecular formula is C22H28N2O6. The van der Waals surface area contributed by atoms with Crippen LogP contribution in [0, 0.1) is 0 Å². The third kappa shape index (κ3) is 6.58. The molecule has 0 bridgehead atoms. The molecule has 2 aromatic rings. The molecule has 0 heterocycles. The number of aromatic carboxylic acids is 1. The van der Waals surface area contributed by atoms with E-state index in [2.05, 4.69) is 10.6 Å². The number of carboxylic acids is 1. The summed E-state index contributed by atoms with van der Waals surface area (Å²) in [4.78, 5) is 23.2. The van der Waals surface area contributed by atoms with E-state index in [1.54, 1.807) is 18.2 Å². The largest absolute Gasteiger partial charge is 0.495 e. The van der Waals surface area contributed by atoms with Gasteiger partial charge in [0.05, 0.1) is 25.5 Å². The number of rotatable bonds is 9. The van der Waals surface area contributed by atoms with E-state index in [0.717, 1.165) is 5.56 Å². The van der Waals surface area contributed by atoms with Gasteiger partial charge in [-0.2, -0.15) is 0 Å². The van der Waals surface area contributed by atoms with Crippen LogP contribution >= 0.6 is 0 Å². The summed E-state index contributed by atoms with van der Waals surface area (Å²) in [5.41, 5.74) is 1.27. The highest BCUT2D eigenvalue weighted by Crippen LogP contribution is 2.30. The predicted molar refractivity (Wildman–Crippen MR) is 114 cm³/mol. The summed E-state index contributed by atoms with van der Waals surface area (Å²) in [5.74, 6) is 0.247. The van der Waals surface area contributed by atoms with Crippen LogP contribution in [0.2, 0.25) is 0 Å². The lowest BCUT2D eigenvalue weighted by molar-refractivity contribution is -0.124. The highest BCUT2D eigenvalue weighted by atomic mass is 16.5. The Labute approximate surface area is 176 Å². The number of carbonyl (C=O) groups is 2. The molecule has 0 spiro atoms. The minimum atomic E-state index is -1.01. The van der Waals surface area contributed by atoms with Crippen molar-refractivity contribution in [2.45, 2.75) is 32.9 Å². The lowest BCUT2D eigenvalue weighted by Gasteiger charge is -2.20. The zero-order valence-corrected chi connectivity index (χ0v) is 17.9. The van der Waals surface area contributed by atoms with Crippen molar-refractivity contribution in [2.24, 2.45) is 0 Å². The van der Waals surface area contributed by atoms with E-state index >= 15 is 0 Å². The number of methoxy groups -OCH3 is 2. The summed E-state index contributed by atoms with van der Waals surface area (Å²) in [6.45, 7) is 5.97. The fourth-order valence-electron chi connectivity index (χ4n) is 2.72. The van der Waals surface area contributed by atoms with Crippen LogP contribution in [0.5, 0.6) is 17.2 Å². The number of nitrogens with one attached hydrogen (secondary N) is 2. The molecule has 0 unspecified atom stereocenters. The van der Waals surface area contributed by atoms with Crippen LogP contribution in [0.1, 0.15) is 36.7 Å². The van der Waals surface area contributed by atoms with Crippen molar-refractivity contribution < 1.29 is 28.9 Å². The molecule has 30 heavy (non-hydrogen) atoms. The standard InChI is InChI=1S/C22H28N2O6/c1-22(2,3)24-20(25)13-30-18-8-6-14(10-19(18)29-5)12-23-16-11-15(21(26)27)7-9-17(16)28-4/h6-11,23H,12-13H2,1-5H3,(H,24,25)(H,26,27). The minimum absolute atomic E-state index is 0.121. The van der Waals surface area contributed by atoms with Gasteiger partial charge in [0, 0.05) is 12.1 Å². The number of benzene rings is 2. The maximum atomic E-state index is 12.0. The molecule has 2 aromatic carbocycles. The maximum Gasteiger partial charge on any atom is 0.335 e. The second-order valence-electron chi connectivity index (χ2n) is 7.65. The van der Waals surface area contributed by atoms with Crippen molar-refractivity contribution in [1.82, 2.24) is 5.32 Å². The van der Waals surface area contributed by atoms with Gasteiger partial charge in [0.1, 0.15) is 5.75 Å². The molecule has 0 saturated heterocycles. The summed E-state index contributed by atoms with van der Waals surface area (Å²) >= 11 is 0. The Kier molecular flexibility index (Phi) is 7.52. The number of amides is 1. The first-order valence-corrected chi connectivity index (χ1v) is 9.39. The quantitative estimate of drug-likeness (QED) is 0.576. The average molecular weight is 416 g/mol. The molecule has 0 aliphatic carbocycles. The van der Waals surface area contributed by atoms with E-state index in [0.29, 0.717) is 29.5 Å². The van der Waals surface area contributed by atoms with Gasteiger partial charge in [-0.3, -0.25) is 4.79 Å². The van der Waals surface area contributed by atoms with Crippen molar-refractivity contribution in [3.63, 3.8) is 0 Å². The Hall–Kier alpha value is -3.42. The zero-order chi connectivity index (χ0) is 22.3. The van der Waals surface area contributed by atoms with Gasteiger partial charge < -0.3 is 30.0 Å². The maximum absolute atomic E-state index is 12.0. The van der Waals surface area contributed by atoms with Gasteiger partial charge in [0.25, 0.3) is 5.91 Å². The highest BCUT2D eigenvalue weighted by Gasteiger charge is 2.15. The van der Waals surface area contributed by atoms with Gasteiger partial charge >= 0.3 is 5.97 Å². The van der Waals surface area contributed by atoms with Gasteiger partial charge in [-0.05, 0) is 56.7 Å². The van der Waals surface area contributed by atoms with Crippen LogP contribution in [0.3, 0.4) is 0 Å². The summed E-state index contributed by atoms with van der Waals surface area (Å²) in [5, 5.41) is 15.2. The first kappa shape index (κ1) is 22.9. The van der Waals surface area contributed by atoms with Crippen LogP contribution in [-0.4, -0.2) is 43.3 Å². The van der Waals surface area contributed by atoms with E-state index in [4.69, 9.17) is 14.2 Å². The molecule has 0 aromatic heterocycles. The molecule has 1 amide bonds. The summed E-state index contributed by atoms with van der Waals surface area (Å²) < 4.78 is 16.3. The average Bonchev–Trinajstić information content (AvgIpc) is 2.69. The van der Waals surface area contributed by atoms with Crippen molar-refractivity contribution in [1.29, 1.82) is 0 Å². The van der Waals surface area contributed by atoms with Crippen molar-refractivity contribution in [2.75, 3.05) is 26.1 Å². The molecule has 2 rings (SSSR count). The minimum Gasteiger partial charge on any atom is -0.495 e. The van der Waals surface area contributed by atoms with Crippen LogP contribution in [-0.2, 0) is 11.3 Å². The van der Waals surface area contributed by atoms with E-state index in [9.17, 15) is 14.7 Å². The second kappa shape index (κ2) is 9.87. The van der Waals surface area contributed by atoms with Crippen LogP contribution in [0.15, 0.2) is 36.4 Å². The molecule has 162 valence electrons. The van der Waals surface area contributed by atoms with Crippen molar-refractivity contribution in [3.05, 3.63) is 47.5 Å². The molecule has 0 aliphatic heterocycles. The normalized spacial score (nSPS) is 10.8. The Balaban J connectivity index is 2.07. The number of carboxylic acid groups (broad SMARTS) is 1. The number of hydrogen-bond acceptors (Lipinski definition) is 6. The van der Waals surface area contributed by atoms with Crippen molar-refractivity contribution >= 4 is 17.6 Å². The van der Waals surface area contributed by atoms with Gasteiger partial charge in [-0.15, -0.1) is 0 Å². The molecular weight excluding hydrogens is 388 g/mol. The third-order valence-electron chi connectivity index (χ3n) is 4.03. The first-order valence-electron chi connectivity index (χ1n) is 9.39. The van der Waals surface area contributed by atoms with E-state index in [1.165, 1.54) is 26.4 Å². The fourth-order valence-corrected chi connectivity index (χ4v) is 2.72. The third-order valence-corrected chi connectivity index (χ3v) is 4.03. The Morgan fingerprint density at radius 3 is 2.23 bits per heavy atom. The monoisotopic (exact) mass is 416 g/mol. The topological polar surface area (TPSA) is 106 Å². The Morgan fingerprint density at radius 2 is 1.63 bits per heavy atom. The Morgan fingerprint density at radius 1 is 0.967 bits per heavy atom. The SMILES string of the molecule is COc1ccc(C(=O)O)cc1NCc1ccc(OCC(=O)NC(C)(C)C)c(OC)c1. The molecule has 8 nitrogen and oxygen atoms in total. The predicted octanol–water partition coefficient (Wildman–Crippen LogP) is 3.31. The van der Waals surface area contributed by atoms with Gasteiger partial charge in [0.2, 0.25) is 0 Å². The number of ether oxygens (including phenoxy) is 3. The van der Waals surface area contributed by atoms with E-state index < -0.39 is 5.97 Å². The van der Waals surface area contributed by atoms with Gasteiger partial charge in [-0.25, -0.2) is 4.79 Å². The molecule has 0 saturated carbocycles. The fraction of sp³-hybridized carbons (Fsp3) is 0.364. The number of hydrogen-bond donors (Lipinski definition) is 3. The van der Waals surface area contributed by atoms with Crippen LogP contribution in [0.25, 0.3) is 0 Å². The number of anilines is 1. The molecule has 8 heteroatoms. The van der Waals surface area contributed by atoms with E-state index in [1.807, 2.05) is 26.8 Å². The lowest BCUT2D eigenvalue weighted by atomic mass is 10.1. The summed E-state index contributed by atoms with van der Waals surface area (Å²) in [6.07, 6.45) is 0. The summed E-state index contributed by atoms with van der Waals surface area (Å²) in [7, 11) is 3.04. The number of carbonyl (C=O) groups excluding carboxylic acids is 1. The summed E-state index contributed by atoms with van der Waals surface area (Å²) in [6, 6.07) is 9.95. The van der Waals surface area contributed by atoms with Gasteiger partial charge in [0.15, 0.2) is 18.1 Å². The second-order valence-corrected chi connectivity index (χ2v) is 7.65. The van der Waals surface area contributed by atoms with Crippen LogP contribution < -0.4 is 24.8 Å². The Bertz CT molecular complexity index is 905. The smallest absolute Gasteiger partial charge is 0.335 e. The lowest BCUT2D eigenvalue weighted by Crippen LogP contribution is -2.43. The molecule has 3 N–H and O–H groups in total. The van der Waals surface area contributed by atoms with Crippen molar-refractivity contribution in [3.8, 4) is 17.2 Å². The highest BCUT2D eigenvalue weighted by molar-refractivity contribution is 5.89.